The molecule has 21 heavy (non-hydrogen) atoms. The van der Waals surface area contributed by atoms with Crippen molar-refractivity contribution < 1.29 is 14.6 Å². The maximum atomic E-state index is 8.33. The van der Waals surface area contributed by atoms with Gasteiger partial charge in [-0.15, -0.1) is 4.33 Å². The van der Waals surface area contributed by atoms with Gasteiger partial charge in [0.25, 0.3) is 0 Å². The van der Waals surface area contributed by atoms with Gasteiger partial charge in [-0.3, -0.25) is 0 Å². The molecule has 0 amide bonds. The number of allylic oxidation sites excluding steroid dienone is 3. The minimum atomic E-state index is 0.507. The van der Waals surface area contributed by atoms with Crippen molar-refractivity contribution >= 4 is 17.9 Å². The molecule has 1 N–H and O–H groups in total. The average molecular weight is 304 g/mol. The van der Waals surface area contributed by atoms with E-state index in [1.54, 1.807) is 0 Å². The number of anilines is 1. The number of fused-ring (bicyclic) bond motifs is 2. The predicted molar refractivity (Wildman–Crippen MR) is 81.2 cm³/mol. The highest BCUT2D eigenvalue weighted by Gasteiger charge is 2.31. The molecule has 5 nitrogen and oxygen atoms in total. The van der Waals surface area contributed by atoms with Gasteiger partial charge in [-0.05, 0) is 23.1 Å². The van der Waals surface area contributed by atoms with Crippen molar-refractivity contribution in [2.24, 2.45) is 0 Å². The normalized spacial score (nSPS) is 23.6. The number of hydrogen-bond acceptors (Lipinski definition) is 6. The molecule has 3 aliphatic rings. The van der Waals surface area contributed by atoms with E-state index in [9.17, 15) is 0 Å². The largest absolute Gasteiger partial charge is 0.346 e. The first kappa shape index (κ1) is 13.4. The van der Waals surface area contributed by atoms with Crippen molar-refractivity contribution in [2.75, 3.05) is 18.0 Å². The lowest BCUT2D eigenvalue weighted by molar-refractivity contribution is -0.433. The smallest absolute Gasteiger partial charge is 0.124 e. The van der Waals surface area contributed by atoms with Crippen LogP contribution in [0.4, 0.5) is 5.69 Å². The van der Waals surface area contributed by atoms with Crippen molar-refractivity contribution in [3.05, 3.63) is 53.3 Å². The van der Waals surface area contributed by atoms with E-state index in [0.717, 1.165) is 38.3 Å². The van der Waals surface area contributed by atoms with E-state index in [0.29, 0.717) is 5.92 Å². The molecule has 0 saturated heterocycles. The number of benzene rings is 1. The van der Waals surface area contributed by atoms with Crippen LogP contribution in [0.3, 0.4) is 0 Å². The van der Waals surface area contributed by atoms with Crippen LogP contribution < -0.4 is 4.90 Å². The summed E-state index contributed by atoms with van der Waals surface area (Å²) in [5, 5.41) is 12.0. The second-order valence-corrected chi connectivity index (χ2v) is 6.25. The SMILES string of the molecule is OOOSN1CCN2C=C3C=CC[C@@H]3c3cccc(c32)C1. The molecule has 0 unspecified atom stereocenters. The lowest BCUT2D eigenvalue weighted by Gasteiger charge is -2.32. The second-order valence-electron chi connectivity index (χ2n) is 5.45. The standard InChI is InChI=1S/C15H16N2O3S/c18-19-20-21-17-8-7-16-9-11-3-1-5-13(11)14-6-2-4-12(10-17)15(14)16/h1-4,6,9,13,18H,5,7-8,10H2/t13-/m0/s1. The molecule has 6 heteroatoms. The molecular formula is C15H16N2O3S. The summed E-state index contributed by atoms with van der Waals surface area (Å²) in [7, 11) is 0. The fraction of sp³-hybridized carbons (Fsp3) is 0.333. The van der Waals surface area contributed by atoms with Gasteiger partial charge in [-0.25, -0.2) is 9.56 Å². The third kappa shape index (κ3) is 2.29. The molecule has 110 valence electrons. The van der Waals surface area contributed by atoms with Gasteiger partial charge in [0, 0.05) is 37.4 Å². The zero-order valence-corrected chi connectivity index (χ0v) is 12.3. The lowest BCUT2D eigenvalue weighted by Crippen LogP contribution is -2.28. The topological polar surface area (TPSA) is 45.2 Å². The summed E-state index contributed by atoms with van der Waals surface area (Å²) < 4.78 is 6.62. The van der Waals surface area contributed by atoms with Crippen LogP contribution in [0.2, 0.25) is 0 Å². The zero-order chi connectivity index (χ0) is 14.2. The van der Waals surface area contributed by atoms with E-state index in [4.69, 9.17) is 5.26 Å². The minimum absolute atomic E-state index is 0.507. The van der Waals surface area contributed by atoms with E-state index in [2.05, 4.69) is 50.8 Å². The first-order valence-corrected chi connectivity index (χ1v) is 7.73. The minimum Gasteiger partial charge on any atom is -0.346 e. The summed E-state index contributed by atoms with van der Waals surface area (Å²) in [6.07, 6.45) is 7.87. The lowest BCUT2D eigenvalue weighted by atomic mass is 9.87. The Morgan fingerprint density at radius 1 is 1.29 bits per heavy atom. The quantitative estimate of drug-likeness (QED) is 0.400. The molecule has 1 aromatic carbocycles. The van der Waals surface area contributed by atoms with Gasteiger partial charge in [-0.2, -0.15) is 0 Å². The molecule has 1 aliphatic carbocycles. The summed E-state index contributed by atoms with van der Waals surface area (Å²) in [6, 6.07) is 6.53. The number of rotatable bonds is 3. The van der Waals surface area contributed by atoms with Crippen LogP contribution in [0.25, 0.3) is 0 Å². The number of nitrogens with zero attached hydrogens (tertiary/aromatic N) is 2. The maximum Gasteiger partial charge on any atom is 0.124 e. The zero-order valence-electron chi connectivity index (χ0n) is 11.4. The van der Waals surface area contributed by atoms with Gasteiger partial charge >= 0.3 is 0 Å². The Kier molecular flexibility index (Phi) is 3.48. The molecule has 0 saturated carbocycles. The van der Waals surface area contributed by atoms with Crippen LogP contribution in [0.1, 0.15) is 23.5 Å². The molecular weight excluding hydrogens is 288 g/mol. The highest BCUT2D eigenvalue weighted by molar-refractivity contribution is 7.92. The van der Waals surface area contributed by atoms with E-state index in [1.165, 1.54) is 22.4 Å². The molecule has 2 aliphatic heterocycles. The Bertz CT molecular complexity index is 617. The van der Waals surface area contributed by atoms with Crippen molar-refractivity contribution in [1.82, 2.24) is 4.31 Å². The Balaban J connectivity index is 1.71. The Morgan fingerprint density at radius 2 is 2.24 bits per heavy atom. The van der Waals surface area contributed by atoms with E-state index in [1.807, 2.05) is 4.31 Å². The average Bonchev–Trinajstić information content (AvgIpc) is 2.90. The predicted octanol–water partition coefficient (Wildman–Crippen LogP) is 3.23. The van der Waals surface area contributed by atoms with Crippen molar-refractivity contribution in [3.8, 4) is 0 Å². The molecule has 0 aromatic heterocycles. The van der Waals surface area contributed by atoms with Crippen LogP contribution >= 0.6 is 12.2 Å². The van der Waals surface area contributed by atoms with Gasteiger partial charge in [0.2, 0.25) is 0 Å². The Hall–Kier alpha value is -1.31. The highest BCUT2D eigenvalue weighted by atomic mass is 32.2. The van der Waals surface area contributed by atoms with Gasteiger partial charge < -0.3 is 4.90 Å². The molecule has 0 spiro atoms. The third-order valence-corrected chi connectivity index (χ3v) is 4.95. The Morgan fingerprint density at radius 3 is 3.14 bits per heavy atom. The number of para-hydroxylation sites is 1. The molecule has 0 fully saturated rings. The molecule has 0 bridgehead atoms. The van der Waals surface area contributed by atoms with Crippen LogP contribution in [-0.2, 0) is 15.9 Å². The summed E-state index contributed by atoms with van der Waals surface area (Å²) in [6.45, 7) is 2.47. The van der Waals surface area contributed by atoms with Gasteiger partial charge in [0.05, 0.1) is 0 Å². The molecule has 0 radical (unpaired) electrons. The van der Waals surface area contributed by atoms with Crippen LogP contribution in [0.5, 0.6) is 0 Å². The van der Waals surface area contributed by atoms with Crippen LogP contribution in [-0.4, -0.2) is 22.7 Å². The first-order chi connectivity index (χ1) is 10.4. The summed E-state index contributed by atoms with van der Waals surface area (Å²) in [5.41, 5.74) is 5.43. The molecule has 4 rings (SSSR count). The van der Waals surface area contributed by atoms with Crippen molar-refractivity contribution in [1.29, 1.82) is 0 Å². The van der Waals surface area contributed by atoms with Crippen molar-refractivity contribution in [2.45, 2.75) is 18.9 Å². The first-order valence-electron chi connectivity index (χ1n) is 7.03. The fourth-order valence-corrected chi connectivity index (χ4v) is 3.89. The monoisotopic (exact) mass is 304 g/mol. The van der Waals surface area contributed by atoms with Gasteiger partial charge in [-0.1, -0.05) is 35.4 Å². The van der Waals surface area contributed by atoms with E-state index in [-0.39, 0.29) is 0 Å². The maximum absolute atomic E-state index is 8.33. The van der Waals surface area contributed by atoms with Crippen LogP contribution in [0.15, 0.2) is 42.1 Å². The second kappa shape index (κ2) is 5.47. The summed E-state index contributed by atoms with van der Waals surface area (Å²) in [4.78, 5) is 2.34. The van der Waals surface area contributed by atoms with E-state index >= 15 is 0 Å². The van der Waals surface area contributed by atoms with Gasteiger partial charge in [0.15, 0.2) is 0 Å². The Labute approximate surface area is 127 Å². The fourth-order valence-electron chi connectivity index (χ4n) is 3.43. The van der Waals surface area contributed by atoms with Crippen LogP contribution in [0, 0.1) is 0 Å². The molecule has 1 aromatic rings. The van der Waals surface area contributed by atoms with E-state index < -0.39 is 0 Å². The van der Waals surface area contributed by atoms with Gasteiger partial charge in [0.1, 0.15) is 12.2 Å². The van der Waals surface area contributed by atoms with Crippen molar-refractivity contribution in [3.63, 3.8) is 0 Å². The summed E-state index contributed by atoms with van der Waals surface area (Å²) >= 11 is 1.03. The third-order valence-electron chi connectivity index (χ3n) is 4.31. The highest BCUT2D eigenvalue weighted by Crippen LogP contribution is 2.46. The summed E-state index contributed by atoms with van der Waals surface area (Å²) in [5.74, 6) is 0.507. The molecule has 1 atom stereocenters. The molecule has 2 heterocycles. The number of hydrogen-bond donors (Lipinski definition) is 1.